The third kappa shape index (κ3) is 1.54. The SMILES string of the molecule is Cc1c([N+](=O)[O-])cc(C=O)c(O)c1Cl. The number of rotatable bonds is 2. The van der Waals surface area contributed by atoms with Crippen LogP contribution in [0, 0.1) is 17.0 Å². The monoisotopic (exact) mass is 215 g/mol. The number of phenolic OH excluding ortho intramolecular Hbond substituents is 1. The van der Waals surface area contributed by atoms with Crippen LogP contribution < -0.4 is 0 Å². The van der Waals surface area contributed by atoms with Crippen molar-refractivity contribution in [2.75, 3.05) is 0 Å². The van der Waals surface area contributed by atoms with E-state index in [-0.39, 0.29) is 21.8 Å². The van der Waals surface area contributed by atoms with E-state index < -0.39 is 10.7 Å². The molecule has 0 aliphatic heterocycles. The predicted octanol–water partition coefficient (Wildman–Crippen LogP) is 2.07. The largest absolute Gasteiger partial charge is 0.506 e. The van der Waals surface area contributed by atoms with Crippen LogP contribution in [0.25, 0.3) is 0 Å². The lowest BCUT2D eigenvalue weighted by molar-refractivity contribution is -0.385. The minimum atomic E-state index is -0.659. The van der Waals surface area contributed by atoms with Gasteiger partial charge in [0.25, 0.3) is 5.69 Å². The van der Waals surface area contributed by atoms with Crippen LogP contribution in [0.5, 0.6) is 5.75 Å². The molecule has 0 heterocycles. The molecule has 0 fully saturated rings. The highest BCUT2D eigenvalue weighted by Crippen LogP contribution is 2.35. The summed E-state index contributed by atoms with van der Waals surface area (Å²) in [4.78, 5) is 20.3. The topological polar surface area (TPSA) is 80.4 Å². The molecule has 0 saturated heterocycles. The molecular formula is C8H6ClNO4. The van der Waals surface area contributed by atoms with Crippen molar-refractivity contribution >= 4 is 23.6 Å². The molecule has 1 aromatic rings. The summed E-state index contributed by atoms with van der Waals surface area (Å²) < 4.78 is 0. The Kier molecular flexibility index (Phi) is 2.71. The van der Waals surface area contributed by atoms with Crippen molar-refractivity contribution in [2.24, 2.45) is 0 Å². The molecule has 0 aromatic heterocycles. The van der Waals surface area contributed by atoms with Gasteiger partial charge < -0.3 is 5.11 Å². The van der Waals surface area contributed by atoms with Crippen LogP contribution in [0.1, 0.15) is 15.9 Å². The van der Waals surface area contributed by atoms with Crippen molar-refractivity contribution in [3.8, 4) is 5.75 Å². The van der Waals surface area contributed by atoms with Gasteiger partial charge in [-0.2, -0.15) is 0 Å². The van der Waals surface area contributed by atoms with E-state index >= 15 is 0 Å². The number of nitrogens with zero attached hydrogens (tertiary/aromatic N) is 1. The summed E-state index contributed by atoms with van der Waals surface area (Å²) in [6.07, 6.45) is 0.313. The van der Waals surface area contributed by atoms with Gasteiger partial charge in [-0.1, -0.05) is 11.6 Å². The number of aromatic hydroxyl groups is 1. The van der Waals surface area contributed by atoms with E-state index in [1.54, 1.807) is 0 Å². The van der Waals surface area contributed by atoms with Crippen LogP contribution in [0.4, 0.5) is 5.69 Å². The minimum absolute atomic E-state index is 0.139. The molecule has 0 unspecified atom stereocenters. The number of phenols is 1. The van der Waals surface area contributed by atoms with E-state index in [2.05, 4.69) is 0 Å². The summed E-state index contributed by atoms with van der Waals surface area (Å²) in [5.41, 5.74) is -0.332. The summed E-state index contributed by atoms with van der Waals surface area (Å²) in [5.74, 6) is -0.426. The molecule has 6 heteroatoms. The Morgan fingerprint density at radius 3 is 2.64 bits per heavy atom. The molecule has 0 aliphatic rings. The van der Waals surface area contributed by atoms with E-state index in [1.165, 1.54) is 6.92 Å². The summed E-state index contributed by atoms with van der Waals surface area (Å²) in [6.45, 7) is 1.40. The maximum atomic E-state index is 10.5. The van der Waals surface area contributed by atoms with Gasteiger partial charge in [0.15, 0.2) is 6.29 Å². The number of nitro benzene ring substituents is 1. The van der Waals surface area contributed by atoms with Crippen LogP contribution in [0.2, 0.25) is 5.02 Å². The number of hydrogen-bond donors (Lipinski definition) is 1. The molecule has 1 aromatic carbocycles. The van der Waals surface area contributed by atoms with Gasteiger partial charge >= 0.3 is 0 Å². The van der Waals surface area contributed by atoms with E-state index in [0.717, 1.165) is 6.07 Å². The third-order valence-electron chi connectivity index (χ3n) is 1.81. The van der Waals surface area contributed by atoms with Crippen LogP contribution in [-0.4, -0.2) is 16.3 Å². The van der Waals surface area contributed by atoms with E-state index in [0.29, 0.717) is 6.29 Å². The molecule has 0 radical (unpaired) electrons. The van der Waals surface area contributed by atoms with Crippen LogP contribution in [0.15, 0.2) is 6.07 Å². The fourth-order valence-corrected chi connectivity index (χ4v) is 1.23. The second kappa shape index (κ2) is 3.63. The van der Waals surface area contributed by atoms with Crippen LogP contribution in [-0.2, 0) is 0 Å². The molecule has 1 N–H and O–H groups in total. The van der Waals surface area contributed by atoms with Crippen molar-refractivity contribution in [1.29, 1.82) is 0 Å². The molecule has 0 atom stereocenters. The average molecular weight is 216 g/mol. The first-order chi connectivity index (χ1) is 6.49. The molecule has 74 valence electrons. The standard InChI is InChI=1S/C8H6ClNO4/c1-4-6(10(13)14)2-5(3-11)8(12)7(4)9/h2-3,12H,1H3. The number of aldehydes is 1. The average Bonchev–Trinajstić information content (AvgIpc) is 2.14. The molecule has 0 saturated carbocycles. The maximum Gasteiger partial charge on any atom is 0.274 e. The van der Waals surface area contributed by atoms with Crippen molar-refractivity contribution in [2.45, 2.75) is 6.92 Å². The smallest absolute Gasteiger partial charge is 0.274 e. The first-order valence-corrected chi connectivity index (χ1v) is 3.98. The Hall–Kier alpha value is -1.62. The highest BCUT2D eigenvalue weighted by molar-refractivity contribution is 6.33. The number of carbonyl (C=O) groups is 1. The van der Waals surface area contributed by atoms with Crippen LogP contribution in [0.3, 0.4) is 0 Å². The summed E-state index contributed by atoms with van der Waals surface area (Å²) in [6, 6.07) is 0.990. The third-order valence-corrected chi connectivity index (χ3v) is 2.27. The van der Waals surface area contributed by atoms with Gasteiger partial charge in [0.05, 0.1) is 15.5 Å². The molecule has 5 nitrogen and oxygen atoms in total. The molecule has 14 heavy (non-hydrogen) atoms. The Morgan fingerprint density at radius 1 is 1.64 bits per heavy atom. The highest BCUT2D eigenvalue weighted by Gasteiger charge is 2.19. The van der Waals surface area contributed by atoms with Gasteiger partial charge in [-0.25, -0.2) is 0 Å². The Balaban J connectivity index is 3.56. The lowest BCUT2D eigenvalue weighted by atomic mass is 10.1. The molecular weight excluding hydrogens is 210 g/mol. The van der Waals surface area contributed by atoms with Gasteiger partial charge in [0.1, 0.15) is 5.75 Å². The Labute approximate surface area is 84.1 Å². The number of carbonyl (C=O) groups excluding carboxylic acids is 1. The quantitative estimate of drug-likeness (QED) is 0.465. The highest BCUT2D eigenvalue weighted by atomic mass is 35.5. The fraction of sp³-hybridized carbons (Fsp3) is 0.125. The second-order valence-corrected chi connectivity index (χ2v) is 3.03. The van der Waals surface area contributed by atoms with E-state index in [4.69, 9.17) is 11.6 Å². The zero-order valence-electron chi connectivity index (χ0n) is 7.15. The van der Waals surface area contributed by atoms with Gasteiger partial charge in [-0.05, 0) is 6.92 Å². The number of nitro groups is 1. The first kappa shape index (κ1) is 10.5. The van der Waals surface area contributed by atoms with Crippen molar-refractivity contribution in [1.82, 2.24) is 0 Å². The number of hydrogen-bond acceptors (Lipinski definition) is 4. The van der Waals surface area contributed by atoms with Crippen LogP contribution >= 0.6 is 11.6 Å². The number of halogens is 1. The van der Waals surface area contributed by atoms with Crippen molar-refractivity contribution < 1.29 is 14.8 Å². The zero-order chi connectivity index (χ0) is 10.9. The first-order valence-electron chi connectivity index (χ1n) is 3.60. The second-order valence-electron chi connectivity index (χ2n) is 2.65. The lowest BCUT2D eigenvalue weighted by Crippen LogP contribution is -1.95. The fourth-order valence-electron chi connectivity index (χ4n) is 1.02. The van der Waals surface area contributed by atoms with Crippen molar-refractivity contribution in [3.05, 3.63) is 32.3 Å². The van der Waals surface area contributed by atoms with Crippen molar-refractivity contribution in [3.63, 3.8) is 0 Å². The molecule has 1 rings (SSSR count). The summed E-state index contributed by atoms with van der Waals surface area (Å²) >= 11 is 5.60. The van der Waals surface area contributed by atoms with Gasteiger partial charge in [0.2, 0.25) is 0 Å². The van der Waals surface area contributed by atoms with E-state index in [1.807, 2.05) is 0 Å². The van der Waals surface area contributed by atoms with Gasteiger partial charge in [-0.3, -0.25) is 14.9 Å². The Bertz CT molecular complexity index is 416. The van der Waals surface area contributed by atoms with Gasteiger partial charge in [-0.15, -0.1) is 0 Å². The normalized spacial score (nSPS) is 9.86. The summed E-state index contributed by atoms with van der Waals surface area (Å²) in [7, 11) is 0. The molecule has 0 amide bonds. The number of benzene rings is 1. The molecule has 0 aliphatic carbocycles. The van der Waals surface area contributed by atoms with Gasteiger partial charge in [0, 0.05) is 11.6 Å². The zero-order valence-corrected chi connectivity index (χ0v) is 7.91. The molecule has 0 bridgehead atoms. The predicted molar refractivity (Wildman–Crippen MR) is 49.9 cm³/mol. The summed E-state index contributed by atoms with van der Waals surface area (Å²) in [5, 5.41) is 19.6. The molecule has 0 spiro atoms. The van der Waals surface area contributed by atoms with E-state index in [9.17, 15) is 20.0 Å². The lowest BCUT2D eigenvalue weighted by Gasteiger charge is -2.04. The minimum Gasteiger partial charge on any atom is -0.506 e. The maximum absolute atomic E-state index is 10.5. The Morgan fingerprint density at radius 2 is 2.21 bits per heavy atom.